The molecule has 1 aliphatic heterocycles. The third-order valence-corrected chi connectivity index (χ3v) is 6.35. The van der Waals surface area contributed by atoms with Gasteiger partial charge in [0.1, 0.15) is 0 Å². The lowest BCUT2D eigenvalue weighted by Crippen LogP contribution is -2.39. The molecule has 0 spiro atoms. The van der Waals surface area contributed by atoms with Gasteiger partial charge < -0.3 is 14.2 Å². The molecule has 1 unspecified atom stereocenters. The summed E-state index contributed by atoms with van der Waals surface area (Å²) in [4.78, 5) is 42.9. The quantitative estimate of drug-likeness (QED) is 0.388. The van der Waals surface area contributed by atoms with Crippen molar-refractivity contribution in [3.05, 3.63) is 90.6 Å². The van der Waals surface area contributed by atoms with E-state index in [-0.39, 0.29) is 17.9 Å². The third kappa shape index (κ3) is 4.81. The number of nitrogens with zero attached hydrogens (tertiary/aromatic N) is 2. The summed E-state index contributed by atoms with van der Waals surface area (Å²) in [6, 6.07) is 13.7. The summed E-state index contributed by atoms with van der Waals surface area (Å²) < 4.78 is 17.8. The fraction of sp³-hybridized carbons (Fsp3) is 0.231. The monoisotopic (exact) mass is 492 g/mol. The van der Waals surface area contributed by atoms with Gasteiger partial charge in [0.15, 0.2) is 16.3 Å². The van der Waals surface area contributed by atoms with Crippen LogP contribution in [0, 0.1) is 0 Å². The lowest BCUT2D eigenvalue weighted by Gasteiger charge is -2.24. The van der Waals surface area contributed by atoms with Crippen LogP contribution >= 0.6 is 11.3 Å². The number of thiazole rings is 1. The maximum absolute atomic E-state index is 13.6. The van der Waals surface area contributed by atoms with Crippen molar-refractivity contribution in [1.82, 2.24) is 4.57 Å². The van der Waals surface area contributed by atoms with Gasteiger partial charge in [0.2, 0.25) is 0 Å². The molecule has 3 aromatic rings. The van der Waals surface area contributed by atoms with Crippen molar-refractivity contribution in [3.8, 4) is 11.5 Å². The number of carbonyl (C=O) groups excluding carboxylic acids is 2. The fourth-order valence-corrected chi connectivity index (χ4v) is 4.95. The second-order valence-corrected chi connectivity index (χ2v) is 8.73. The van der Waals surface area contributed by atoms with Crippen molar-refractivity contribution >= 4 is 29.4 Å². The first-order valence-electron chi connectivity index (χ1n) is 10.9. The van der Waals surface area contributed by atoms with Crippen LogP contribution in [-0.2, 0) is 14.3 Å². The fourth-order valence-electron chi connectivity index (χ4n) is 3.91. The predicted octanol–water partition coefficient (Wildman–Crippen LogP) is 2.73. The number of allylic oxidation sites excluding steroid dienone is 1. The number of fused-ring (bicyclic) bond motifs is 1. The lowest BCUT2D eigenvalue weighted by atomic mass is 9.96. The molecule has 0 bridgehead atoms. The number of hydrogen-bond donors (Lipinski definition) is 0. The summed E-state index contributed by atoms with van der Waals surface area (Å²) in [5.41, 5.74) is 2.03. The zero-order chi connectivity index (χ0) is 25.1. The number of aromatic nitrogens is 1. The summed E-state index contributed by atoms with van der Waals surface area (Å²) in [5.74, 6) is -0.303. The smallest absolute Gasteiger partial charge is 0.338 e. The number of ether oxygens (including phenoxy) is 3. The molecule has 2 aromatic carbocycles. The van der Waals surface area contributed by atoms with Gasteiger partial charge >= 0.3 is 11.9 Å². The van der Waals surface area contributed by atoms with Gasteiger partial charge in [-0.15, -0.1) is 0 Å². The van der Waals surface area contributed by atoms with Gasteiger partial charge in [0, 0.05) is 6.92 Å². The third-order valence-electron chi connectivity index (χ3n) is 5.37. The van der Waals surface area contributed by atoms with Gasteiger partial charge in [-0.25, -0.2) is 9.79 Å². The maximum Gasteiger partial charge on any atom is 0.338 e. The van der Waals surface area contributed by atoms with E-state index in [1.54, 1.807) is 38.1 Å². The molecule has 1 aromatic heterocycles. The Morgan fingerprint density at radius 1 is 1.14 bits per heavy atom. The molecule has 1 atom stereocenters. The summed E-state index contributed by atoms with van der Waals surface area (Å²) in [7, 11) is 1.47. The molecule has 8 nitrogen and oxygen atoms in total. The Kier molecular flexibility index (Phi) is 6.97. The first-order valence-corrected chi connectivity index (χ1v) is 11.8. The van der Waals surface area contributed by atoms with Gasteiger partial charge in [-0.1, -0.05) is 47.7 Å². The molecule has 0 fully saturated rings. The molecular formula is C26H24N2O6S. The summed E-state index contributed by atoms with van der Waals surface area (Å²) in [5, 5.41) is 0. The highest BCUT2D eigenvalue weighted by Crippen LogP contribution is 2.31. The molecule has 9 heteroatoms. The second kappa shape index (κ2) is 10.1. The van der Waals surface area contributed by atoms with Crippen LogP contribution in [0.2, 0.25) is 0 Å². The lowest BCUT2D eigenvalue weighted by molar-refractivity contribution is -0.139. The normalized spacial score (nSPS) is 15.3. The first-order chi connectivity index (χ1) is 16.8. The average Bonchev–Trinajstić information content (AvgIpc) is 3.13. The highest BCUT2D eigenvalue weighted by atomic mass is 32.1. The minimum Gasteiger partial charge on any atom is -0.493 e. The molecule has 0 aliphatic carbocycles. The molecule has 2 heterocycles. The number of esters is 2. The summed E-state index contributed by atoms with van der Waals surface area (Å²) >= 11 is 1.23. The Labute approximate surface area is 205 Å². The van der Waals surface area contributed by atoms with E-state index in [1.807, 2.05) is 30.3 Å². The maximum atomic E-state index is 13.6. The number of methoxy groups -OCH3 is 1. The molecular weight excluding hydrogens is 468 g/mol. The van der Waals surface area contributed by atoms with Crippen LogP contribution in [0.5, 0.6) is 11.5 Å². The van der Waals surface area contributed by atoms with Crippen molar-refractivity contribution in [2.75, 3.05) is 13.7 Å². The van der Waals surface area contributed by atoms with Gasteiger partial charge in [-0.3, -0.25) is 14.2 Å². The van der Waals surface area contributed by atoms with E-state index in [4.69, 9.17) is 14.2 Å². The zero-order valence-electron chi connectivity index (χ0n) is 19.7. The summed E-state index contributed by atoms with van der Waals surface area (Å²) in [6.45, 7) is 5.01. The van der Waals surface area contributed by atoms with Gasteiger partial charge in [0.05, 0.1) is 35.6 Å². The Morgan fingerprint density at radius 2 is 1.89 bits per heavy atom. The van der Waals surface area contributed by atoms with E-state index in [0.717, 1.165) is 5.56 Å². The molecule has 4 rings (SSSR count). The minimum atomic E-state index is -0.658. The van der Waals surface area contributed by atoms with E-state index >= 15 is 0 Å². The summed E-state index contributed by atoms with van der Waals surface area (Å²) in [6.07, 6.45) is 1.72. The molecule has 180 valence electrons. The second-order valence-electron chi connectivity index (χ2n) is 7.72. The van der Waals surface area contributed by atoms with E-state index in [2.05, 4.69) is 4.99 Å². The molecule has 35 heavy (non-hydrogen) atoms. The van der Waals surface area contributed by atoms with E-state index < -0.39 is 18.0 Å². The Hall–Kier alpha value is -3.98. The van der Waals surface area contributed by atoms with Crippen LogP contribution in [0.1, 0.15) is 37.9 Å². The van der Waals surface area contributed by atoms with Crippen molar-refractivity contribution in [1.29, 1.82) is 0 Å². The zero-order valence-corrected chi connectivity index (χ0v) is 20.5. The van der Waals surface area contributed by atoms with Gasteiger partial charge in [-0.2, -0.15) is 0 Å². The van der Waals surface area contributed by atoms with Crippen LogP contribution < -0.4 is 24.4 Å². The van der Waals surface area contributed by atoms with Crippen molar-refractivity contribution in [2.45, 2.75) is 26.8 Å². The topological polar surface area (TPSA) is 96.2 Å². The van der Waals surface area contributed by atoms with E-state index in [0.29, 0.717) is 31.9 Å². The molecule has 0 radical (unpaired) electrons. The van der Waals surface area contributed by atoms with Crippen LogP contribution in [0.25, 0.3) is 6.08 Å². The van der Waals surface area contributed by atoms with Crippen LogP contribution in [-0.4, -0.2) is 30.2 Å². The minimum absolute atomic E-state index is 0.215. The number of carbonyl (C=O) groups is 2. The standard InChI is InChI=1S/C26H24N2O6S/c1-5-33-25(31)22-15(2)27-26-28(23(22)18-9-7-6-8-10-18)24(30)21(35-26)14-17-11-12-19(34-16(3)29)20(13-17)32-4/h6-14,23H,5H2,1-4H3/b21-14+. The Bertz CT molecular complexity index is 1500. The van der Waals surface area contributed by atoms with E-state index in [9.17, 15) is 14.4 Å². The molecule has 0 saturated heterocycles. The Balaban J connectivity index is 1.88. The van der Waals surface area contributed by atoms with Crippen LogP contribution in [0.15, 0.2) is 69.6 Å². The van der Waals surface area contributed by atoms with Crippen molar-refractivity contribution in [2.24, 2.45) is 4.99 Å². The highest BCUT2D eigenvalue weighted by Gasteiger charge is 2.33. The first kappa shape index (κ1) is 24.2. The molecule has 0 saturated carbocycles. The van der Waals surface area contributed by atoms with Crippen molar-refractivity contribution in [3.63, 3.8) is 0 Å². The Morgan fingerprint density at radius 3 is 2.54 bits per heavy atom. The molecule has 1 aliphatic rings. The molecule has 0 amide bonds. The van der Waals surface area contributed by atoms with Crippen LogP contribution in [0.4, 0.5) is 0 Å². The number of hydrogen-bond acceptors (Lipinski definition) is 8. The number of benzene rings is 2. The number of rotatable bonds is 6. The highest BCUT2D eigenvalue weighted by molar-refractivity contribution is 7.07. The van der Waals surface area contributed by atoms with Gasteiger partial charge in [-0.05, 0) is 43.2 Å². The molecule has 0 N–H and O–H groups in total. The van der Waals surface area contributed by atoms with Crippen molar-refractivity contribution < 1.29 is 23.8 Å². The average molecular weight is 493 g/mol. The van der Waals surface area contributed by atoms with E-state index in [1.165, 1.54) is 29.9 Å². The van der Waals surface area contributed by atoms with Crippen LogP contribution in [0.3, 0.4) is 0 Å². The largest absolute Gasteiger partial charge is 0.493 e. The SMILES string of the molecule is CCOC(=O)C1=C(C)N=c2s/c(=C/c3ccc(OC(C)=O)c(OC)c3)c(=O)n2C1c1ccccc1. The van der Waals surface area contributed by atoms with Gasteiger partial charge in [0.25, 0.3) is 5.56 Å². The predicted molar refractivity (Wildman–Crippen MR) is 131 cm³/mol.